The van der Waals surface area contributed by atoms with Crippen molar-refractivity contribution >= 4 is 40.6 Å². The SMILES string of the molecule is CCOc1ccc(NC(=O)CN2C(=O)S/C(=C/c3ccc(O[C@H](C)CC)c(OC)c3)C2=O)cc1. The molecule has 34 heavy (non-hydrogen) atoms. The Morgan fingerprint density at radius 1 is 1.12 bits per heavy atom. The average molecular weight is 485 g/mol. The molecule has 0 unspecified atom stereocenters. The van der Waals surface area contributed by atoms with E-state index in [2.05, 4.69) is 5.32 Å². The van der Waals surface area contributed by atoms with Gasteiger partial charge in [-0.3, -0.25) is 19.3 Å². The van der Waals surface area contributed by atoms with Crippen LogP contribution >= 0.6 is 11.8 Å². The predicted molar refractivity (Wildman–Crippen MR) is 132 cm³/mol. The molecule has 1 saturated heterocycles. The second-order valence-electron chi connectivity index (χ2n) is 7.52. The zero-order valence-electron chi connectivity index (χ0n) is 19.6. The van der Waals surface area contributed by atoms with Crippen LogP contribution in [0.3, 0.4) is 0 Å². The molecule has 1 N–H and O–H groups in total. The molecule has 180 valence electrons. The minimum Gasteiger partial charge on any atom is -0.494 e. The number of nitrogens with one attached hydrogen (secondary N) is 1. The van der Waals surface area contributed by atoms with E-state index in [1.165, 1.54) is 0 Å². The zero-order chi connectivity index (χ0) is 24.7. The summed E-state index contributed by atoms with van der Waals surface area (Å²) in [5.41, 5.74) is 1.22. The summed E-state index contributed by atoms with van der Waals surface area (Å²) in [7, 11) is 1.54. The summed E-state index contributed by atoms with van der Waals surface area (Å²) in [6, 6.07) is 12.1. The van der Waals surface area contributed by atoms with Crippen molar-refractivity contribution in [1.82, 2.24) is 4.90 Å². The molecule has 2 aromatic carbocycles. The van der Waals surface area contributed by atoms with Crippen LogP contribution in [0, 0.1) is 0 Å². The molecule has 8 nitrogen and oxygen atoms in total. The molecule has 1 aliphatic heterocycles. The Morgan fingerprint density at radius 3 is 2.50 bits per heavy atom. The van der Waals surface area contributed by atoms with Crippen molar-refractivity contribution in [2.75, 3.05) is 25.6 Å². The number of carbonyl (C=O) groups excluding carboxylic acids is 3. The fourth-order valence-corrected chi connectivity index (χ4v) is 3.94. The fourth-order valence-electron chi connectivity index (χ4n) is 3.10. The number of ether oxygens (including phenoxy) is 3. The van der Waals surface area contributed by atoms with E-state index >= 15 is 0 Å². The monoisotopic (exact) mass is 484 g/mol. The first-order valence-corrected chi connectivity index (χ1v) is 11.8. The quantitative estimate of drug-likeness (QED) is 0.477. The first-order valence-electron chi connectivity index (χ1n) is 11.0. The highest BCUT2D eigenvalue weighted by atomic mass is 32.2. The first kappa shape index (κ1) is 25.2. The number of hydrogen-bond acceptors (Lipinski definition) is 7. The first-order chi connectivity index (χ1) is 16.3. The third kappa shape index (κ3) is 6.32. The number of rotatable bonds is 10. The van der Waals surface area contributed by atoms with E-state index in [4.69, 9.17) is 14.2 Å². The number of benzene rings is 2. The summed E-state index contributed by atoms with van der Waals surface area (Å²) in [5.74, 6) is 0.834. The lowest BCUT2D eigenvalue weighted by Gasteiger charge is -2.15. The number of thioether (sulfide) groups is 1. The molecule has 0 aliphatic carbocycles. The molecule has 2 aromatic rings. The second-order valence-corrected chi connectivity index (χ2v) is 8.51. The van der Waals surface area contributed by atoms with Gasteiger partial charge in [0.1, 0.15) is 12.3 Å². The van der Waals surface area contributed by atoms with Crippen LogP contribution in [0.4, 0.5) is 10.5 Å². The summed E-state index contributed by atoms with van der Waals surface area (Å²) >= 11 is 0.794. The number of carbonyl (C=O) groups is 3. The summed E-state index contributed by atoms with van der Waals surface area (Å²) in [6.45, 7) is 6.05. The van der Waals surface area contributed by atoms with Crippen molar-refractivity contribution in [1.29, 1.82) is 0 Å². The van der Waals surface area contributed by atoms with E-state index in [0.717, 1.165) is 23.1 Å². The van der Waals surface area contributed by atoms with Crippen molar-refractivity contribution in [2.24, 2.45) is 0 Å². The van der Waals surface area contributed by atoms with Crippen LogP contribution < -0.4 is 19.5 Å². The summed E-state index contributed by atoms with van der Waals surface area (Å²) in [5, 5.41) is 2.19. The minimum atomic E-state index is -0.518. The lowest BCUT2D eigenvalue weighted by atomic mass is 10.1. The Hall–Kier alpha value is -3.46. The van der Waals surface area contributed by atoms with Gasteiger partial charge in [0.2, 0.25) is 5.91 Å². The molecule has 0 spiro atoms. The molecule has 0 saturated carbocycles. The number of methoxy groups -OCH3 is 1. The molecule has 0 aromatic heterocycles. The summed E-state index contributed by atoms with van der Waals surface area (Å²) < 4.78 is 16.6. The van der Waals surface area contributed by atoms with Crippen LogP contribution in [0.25, 0.3) is 6.08 Å². The molecule has 1 atom stereocenters. The van der Waals surface area contributed by atoms with Gasteiger partial charge in [0, 0.05) is 5.69 Å². The highest BCUT2D eigenvalue weighted by molar-refractivity contribution is 8.18. The van der Waals surface area contributed by atoms with Crippen LogP contribution in [0.2, 0.25) is 0 Å². The van der Waals surface area contributed by atoms with Crippen LogP contribution in [0.5, 0.6) is 17.2 Å². The maximum absolute atomic E-state index is 12.8. The highest BCUT2D eigenvalue weighted by Gasteiger charge is 2.36. The van der Waals surface area contributed by atoms with Crippen molar-refractivity contribution in [3.05, 3.63) is 52.9 Å². The molecule has 0 bridgehead atoms. The van der Waals surface area contributed by atoms with Gasteiger partial charge in [0.05, 0.1) is 24.7 Å². The Bertz CT molecular complexity index is 1080. The molecular weight excluding hydrogens is 456 g/mol. The van der Waals surface area contributed by atoms with Gasteiger partial charge in [-0.1, -0.05) is 13.0 Å². The number of amides is 3. The third-order valence-corrected chi connectivity index (χ3v) is 5.92. The Kier molecular flexibility index (Phi) is 8.59. The molecule has 3 rings (SSSR count). The summed E-state index contributed by atoms with van der Waals surface area (Å²) in [4.78, 5) is 38.8. The standard InChI is InChI=1S/C25H28N2O6S/c1-5-16(3)33-20-12-7-17(13-21(20)31-4)14-22-24(29)27(25(30)34-22)15-23(28)26-18-8-10-19(11-9-18)32-6-2/h7-14,16H,5-6,15H2,1-4H3,(H,26,28)/b22-14+/t16-/m1/s1. The van der Waals surface area contributed by atoms with Gasteiger partial charge in [0.25, 0.3) is 11.1 Å². The topological polar surface area (TPSA) is 94.2 Å². The van der Waals surface area contributed by atoms with E-state index in [9.17, 15) is 14.4 Å². The van der Waals surface area contributed by atoms with E-state index in [1.54, 1.807) is 55.7 Å². The van der Waals surface area contributed by atoms with Crippen molar-refractivity contribution in [3.63, 3.8) is 0 Å². The molecule has 3 amide bonds. The molecule has 0 radical (unpaired) electrons. The van der Waals surface area contributed by atoms with Gasteiger partial charge in [-0.15, -0.1) is 0 Å². The average Bonchev–Trinajstić information content (AvgIpc) is 3.08. The predicted octanol–water partition coefficient (Wildman–Crippen LogP) is 4.95. The smallest absolute Gasteiger partial charge is 0.294 e. The van der Waals surface area contributed by atoms with Gasteiger partial charge < -0.3 is 19.5 Å². The Labute approximate surface area is 203 Å². The number of nitrogens with zero attached hydrogens (tertiary/aromatic N) is 1. The fraction of sp³-hybridized carbons (Fsp3) is 0.320. The number of hydrogen-bond donors (Lipinski definition) is 1. The van der Waals surface area contributed by atoms with Gasteiger partial charge in [-0.05, 0) is 80.1 Å². The van der Waals surface area contributed by atoms with E-state index in [0.29, 0.717) is 35.1 Å². The highest BCUT2D eigenvalue weighted by Crippen LogP contribution is 2.35. The molecular formula is C25H28N2O6S. The van der Waals surface area contributed by atoms with Gasteiger partial charge >= 0.3 is 0 Å². The van der Waals surface area contributed by atoms with Gasteiger partial charge in [-0.2, -0.15) is 0 Å². The molecule has 1 fully saturated rings. The Morgan fingerprint density at radius 2 is 1.85 bits per heavy atom. The largest absolute Gasteiger partial charge is 0.494 e. The van der Waals surface area contributed by atoms with Crippen molar-refractivity contribution in [2.45, 2.75) is 33.3 Å². The molecule has 9 heteroatoms. The zero-order valence-corrected chi connectivity index (χ0v) is 20.4. The normalized spacial score (nSPS) is 15.4. The number of imide groups is 1. The van der Waals surface area contributed by atoms with Crippen LogP contribution in [-0.2, 0) is 9.59 Å². The van der Waals surface area contributed by atoms with Crippen LogP contribution in [0.1, 0.15) is 32.8 Å². The van der Waals surface area contributed by atoms with E-state index < -0.39 is 17.1 Å². The third-order valence-electron chi connectivity index (χ3n) is 5.01. The van der Waals surface area contributed by atoms with E-state index in [1.807, 2.05) is 20.8 Å². The maximum Gasteiger partial charge on any atom is 0.294 e. The van der Waals surface area contributed by atoms with Crippen molar-refractivity contribution in [3.8, 4) is 17.2 Å². The lowest BCUT2D eigenvalue weighted by molar-refractivity contribution is -0.127. The van der Waals surface area contributed by atoms with Crippen LogP contribution in [-0.4, -0.2) is 48.3 Å². The van der Waals surface area contributed by atoms with E-state index in [-0.39, 0.29) is 17.6 Å². The minimum absolute atomic E-state index is 0.0324. The number of anilines is 1. The molecule has 1 aliphatic rings. The van der Waals surface area contributed by atoms with Crippen molar-refractivity contribution < 1.29 is 28.6 Å². The Balaban J connectivity index is 1.67. The second kappa shape index (κ2) is 11.6. The summed E-state index contributed by atoms with van der Waals surface area (Å²) in [6.07, 6.45) is 2.49. The van der Waals surface area contributed by atoms with Gasteiger partial charge in [0.15, 0.2) is 11.5 Å². The van der Waals surface area contributed by atoms with Crippen LogP contribution in [0.15, 0.2) is 47.4 Å². The molecule has 1 heterocycles. The maximum atomic E-state index is 12.8. The van der Waals surface area contributed by atoms with Gasteiger partial charge in [-0.25, -0.2) is 0 Å². The lowest BCUT2D eigenvalue weighted by Crippen LogP contribution is -2.36.